The van der Waals surface area contributed by atoms with Gasteiger partial charge in [-0.15, -0.1) is 0 Å². The predicted molar refractivity (Wildman–Crippen MR) is 30.9 cm³/mol. The molecule has 8 heavy (non-hydrogen) atoms. The largest absolute Gasteiger partial charge is 0.291 e. The quantitative estimate of drug-likeness (QED) is 0.450. The van der Waals surface area contributed by atoms with Gasteiger partial charge >= 0.3 is 0 Å². The Morgan fingerprint density at radius 3 is 2.88 bits per heavy atom. The first-order valence-corrected chi connectivity index (χ1v) is 2.76. The molecule has 0 bridgehead atoms. The van der Waals surface area contributed by atoms with E-state index in [4.69, 9.17) is 5.26 Å². The molecule has 0 aromatic rings. The van der Waals surface area contributed by atoms with E-state index in [0.29, 0.717) is 0 Å². The van der Waals surface area contributed by atoms with Gasteiger partial charge in [0.1, 0.15) is 0 Å². The summed E-state index contributed by atoms with van der Waals surface area (Å²) in [7, 11) is 1.97. The van der Waals surface area contributed by atoms with Crippen LogP contribution in [0.5, 0.6) is 0 Å². The normalized spacial score (nSPS) is 30.2. The van der Waals surface area contributed by atoms with Crippen LogP contribution < -0.4 is 0 Å². The Bertz CT molecular complexity index is 114. The average Bonchev–Trinajstić information content (AvgIpc) is 2.14. The molecule has 0 saturated carbocycles. The highest BCUT2D eigenvalue weighted by molar-refractivity contribution is 5.00. The second-order valence-corrected chi connectivity index (χ2v) is 2.11. The molecule has 1 heterocycles. The summed E-state index contributed by atoms with van der Waals surface area (Å²) in [6.45, 7) is 0.970. The van der Waals surface area contributed by atoms with Crippen LogP contribution in [-0.4, -0.2) is 24.5 Å². The molecule has 1 unspecified atom stereocenters. The van der Waals surface area contributed by atoms with Gasteiger partial charge in [-0.25, -0.2) is 0 Å². The Balaban J connectivity index is 2.45. The molecule has 0 aromatic heterocycles. The molecule has 1 radical (unpaired) electrons. The van der Waals surface area contributed by atoms with Crippen molar-refractivity contribution in [3.05, 3.63) is 6.42 Å². The highest BCUT2D eigenvalue weighted by atomic mass is 15.1. The Morgan fingerprint density at radius 1 is 1.88 bits per heavy atom. The maximum absolute atomic E-state index is 8.42. The first-order valence-electron chi connectivity index (χ1n) is 2.76. The Morgan fingerprint density at radius 2 is 2.62 bits per heavy atom. The van der Waals surface area contributed by atoms with Gasteiger partial charge < -0.3 is 0 Å². The van der Waals surface area contributed by atoms with Gasteiger partial charge in [0.15, 0.2) is 0 Å². The van der Waals surface area contributed by atoms with Gasteiger partial charge in [-0.05, 0) is 19.9 Å². The number of hydrogen-bond donors (Lipinski definition) is 0. The second-order valence-electron chi connectivity index (χ2n) is 2.11. The lowest BCUT2D eigenvalue weighted by atomic mass is 10.2. The van der Waals surface area contributed by atoms with Gasteiger partial charge in [-0.2, -0.15) is 5.26 Å². The molecule has 0 aliphatic carbocycles. The van der Waals surface area contributed by atoms with E-state index in [-0.39, 0.29) is 6.04 Å². The highest BCUT2D eigenvalue weighted by Gasteiger charge is 2.19. The molecule has 2 heteroatoms. The molecule has 1 fully saturated rings. The molecule has 0 spiro atoms. The van der Waals surface area contributed by atoms with Crippen LogP contribution in [-0.2, 0) is 0 Å². The number of nitriles is 1. The number of nitrogens with zero attached hydrogens (tertiary/aromatic N) is 2. The van der Waals surface area contributed by atoms with E-state index in [0.717, 1.165) is 13.0 Å². The maximum atomic E-state index is 8.42. The van der Waals surface area contributed by atoms with Gasteiger partial charge in [0.05, 0.1) is 12.1 Å². The third-order valence-electron chi connectivity index (χ3n) is 1.49. The van der Waals surface area contributed by atoms with E-state index >= 15 is 0 Å². The molecule has 1 atom stereocenters. The van der Waals surface area contributed by atoms with Crippen molar-refractivity contribution < 1.29 is 0 Å². The van der Waals surface area contributed by atoms with E-state index in [1.165, 1.54) is 0 Å². The third-order valence-corrected chi connectivity index (χ3v) is 1.49. The highest BCUT2D eigenvalue weighted by Crippen LogP contribution is 2.11. The fourth-order valence-corrected chi connectivity index (χ4v) is 0.894. The summed E-state index contributed by atoms with van der Waals surface area (Å²) in [5.41, 5.74) is 0. The number of likely N-dealkylation sites (tertiary alicyclic amines) is 1. The molecule has 0 N–H and O–H groups in total. The topological polar surface area (TPSA) is 27.0 Å². The molecule has 1 aliphatic heterocycles. The molecule has 0 aromatic carbocycles. The summed E-state index contributed by atoms with van der Waals surface area (Å²) in [5, 5.41) is 8.42. The standard InChI is InChI=1S/C6H9N2/c1-8-4-2-3-6(8)5-7/h2,6H,3-4H2,1H3. The van der Waals surface area contributed by atoms with Crippen LogP contribution in [0.25, 0.3) is 0 Å². The monoisotopic (exact) mass is 109 g/mol. The van der Waals surface area contributed by atoms with Crippen molar-refractivity contribution in [3.8, 4) is 6.07 Å². The lowest BCUT2D eigenvalue weighted by molar-refractivity contribution is 0.366. The van der Waals surface area contributed by atoms with Crippen LogP contribution >= 0.6 is 0 Å². The van der Waals surface area contributed by atoms with Crippen LogP contribution in [0.4, 0.5) is 0 Å². The minimum absolute atomic E-state index is 0.148. The van der Waals surface area contributed by atoms with E-state index in [9.17, 15) is 0 Å². The molecule has 1 saturated heterocycles. The van der Waals surface area contributed by atoms with Crippen molar-refractivity contribution in [1.29, 1.82) is 5.26 Å². The zero-order valence-corrected chi connectivity index (χ0v) is 4.96. The molecule has 1 aliphatic rings. The summed E-state index contributed by atoms with van der Waals surface area (Å²) >= 11 is 0. The Labute approximate surface area is 49.7 Å². The van der Waals surface area contributed by atoms with Crippen molar-refractivity contribution in [1.82, 2.24) is 4.90 Å². The van der Waals surface area contributed by atoms with E-state index in [1.54, 1.807) is 0 Å². The molecule has 0 amide bonds. The summed E-state index contributed by atoms with van der Waals surface area (Å²) in [4.78, 5) is 2.04. The first-order chi connectivity index (χ1) is 3.84. The minimum Gasteiger partial charge on any atom is -0.291 e. The van der Waals surface area contributed by atoms with Crippen LogP contribution in [0.15, 0.2) is 0 Å². The first kappa shape index (κ1) is 5.58. The number of hydrogen-bond acceptors (Lipinski definition) is 2. The van der Waals surface area contributed by atoms with Gasteiger partial charge in [0.2, 0.25) is 0 Å². The van der Waals surface area contributed by atoms with Crippen molar-refractivity contribution in [2.75, 3.05) is 13.6 Å². The van der Waals surface area contributed by atoms with Crippen LogP contribution in [0.3, 0.4) is 0 Å². The lowest BCUT2D eigenvalue weighted by Crippen LogP contribution is -2.22. The van der Waals surface area contributed by atoms with E-state index in [2.05, 4.69) is 12.5 Å². The van der Waals surface area contributed by atoms with E-state index < -0.39 is 0 Å². The molecule has 2 nitrogen and oxygen atoms in total. The second kappa shape index (κ2) is 2.15. The predicted octanol–water partition coefficient (Wildman–Crippen LogP) is 0.418. The molecular formula is C6H9N2. The van der Waals surface area contributed by atoms with Crippen LogP contribution in [0, 0.1) is 17.8 Å². The smallest absolute Gasteiger partial charge is 0.0978 e. The summed E-state index contributed by atoms with van der Waals surface area (Å²) in [6, 6.07) is 2.36. The van der Waals surface area contributed by atoms with Crippen molar-refractivity contribution in [2.24, 2.45) is 0 Å². The van der Waals surface area contributed by atoms with Crippen LogP contribution in [0.2, 0.25) is 0 Å². The van der Waals surface area contributed by atoms with Crippen molar-refractivity contribution in [3.63, 3.8) is 0 Å². The van der Waals surface area contributed by atoms with Crippen molar-refractivity contribution in [2.45, 2.75) is 12.5 Å². The van der Waals surface area contributed by atoms with Gasteiger partial charge in [-0.3, -0.25) is 4.90 Å². The van der Waals surface area contributed by atoms with E-state index in [1.807, 2.05) is 11.9 Å². The molecule has 43 valence electrons. The van der Waals surface area contributed by atoms with Crippen molar-refractivity contribution >= 4 is 0 Å². The third kappa shape index (κ3) is 0.823. The maximum Gasteiger partial charge on any atom is 0.0978 e. The van der Waals surface area contributed by atoms with Crippen LogP contribution in [0.1, 0.15) is 6.42 Å². The van der Waals surface area contributed by atoms with Gasteiger partial charge in [0, 0.05) is 6.54 Å². The fraction of sp³-hybridized carbons (Fsp3) is 0.667. The summed E-state index contributed by atoms with van der Waals surface area (Å²) in [6.07, 6.45) is 3.07. The average molecular weight is 109 g/mol. The number of rotatable bonds is 0. The fourth-order valence-electron chi connectivity index (χ4n) is 0.894. The molecule has 1 rings (SSSR count). The Kier molecular flexibility index (Phi) is 1.50. The summed E-state index contributed by atoms with van der Waals surface area (Å²) < 4.78 is 0. The zero-order chi connectivity index (χ0) is 5.98. The zero-order valence-electron chi connectivity index (χ0n) is 4.96. The Hall–Kier alpha value is -0.550. The SMILES string of the molecule is CN1C[CH]CC1C#N. The van der Waals surface area contributed by atoms with Gasteiger partial charge in [0.25, 0.3) is 0 Å². The molecular weight excluding hydrogens is 100 g/mol. The summed E-state index contributed by atoms with van der Waals surface area (Å²) in [5.74, 6) is 0. The lowest BCUT2D eigenvalue weighted by Gasteiger charge is -2.09. The van der Waals surface area contributed by atoms with Gasteiger partial charge in [-0.1, -0.05) is 0 Å². The minimum atomic E-state index is 0.148.